The number of carboxylic acids is 1. The molecule has 1 aromatic heterocycles. The van der Waals surface area contributed by atoms with Gasteiger partial charge in [0, 0.05) is 5.69 Å². The first-order valence-electron chi connectivity index (χ1n) is 5.98. The zero-order valence-electron chi connectivity index (χ0n) is 10.8. The Kier molecular flexibility index (Phi) is 4.05. The van der Waals surface area contributed by atoms with Crippen LogP contribution in [0.5, 0.6) is 0 Å². The van der Waals surface area contributed by atoms with E-state index in [2.05, 4.69) is 10.6 Å². The van der Waals surface area contributed by atoms with Crippen molar-refractivity contribution in [3.63, 3.8) is 0 Å². The molecule has 0 atom stereocenters. The number of nitrogens with one attached hydrogen (secondary N) is 2. The maximum absolute atomic E-state index is 11.7. The average Bonchev–Trinajstić information content (AvgIpc) is 2.91. The lowest BCUT2D eigenvalue weighted by Crippen LogP contribution is -2.28. The topological polar surface area (TPSA) is 91.6 Å². The summed E-state index contributed by atoms with van der Waals surface area (Å²) in [4.78, 5) is 22.7. The SMILES string of the molecule is Cc1c(NC(=O)NCc2ccco2)cccc1C(=O)O. The highest BCUT2D eigenvalue weighted by Crippen LogP contribution is 2.18. The number of amides is 2. The number of carbonyl (C=O) groups is 2. The maximum atomic E-state index is 11.7. The highest BCUT2D eigenvalue weighted by Gasteiger charge is 2.11. The predicted octanol–water partition coefficient (Wildman–Crippen LogP) is 2.61. The summed E-state index contributed by atoms with van der Waals surface area (Å²) >= 11 is 0. The van der Waals surface area contributed by atoms with Crippen LogP contribution in [0, 0.1) is 6.92 Å². The van der Waals surface area contributed by atoms with Gasteiger partial charge in [-0.25, -0.2) is 9.59 Å². The van der Waals surface area contributed by atoms with Crippen LogP contribution in [0.4, 0.5) is 10.5 Å². The molecule has 20 heavy (non-hydrogen) atoms. The second-order valence-electron chi connectivity index (χ2n) is 4.17. The van der Waals surface area contributed by atoms with Gasteiger partial charge in [0.2, 0.25) is 0 Å². The van der Waals surface area contributed by atoms with Crippen LogP contribution in [0.15, 0.2) is 41.0 Å². The van der Waals surface area contributed by atoms with Crippen molar-refractivity contribution in [3.05, 3.63) is 53.5 Å². The van der Waals surface area contributed by atoms with E-state index in [4.69, 9.17) is 9.52 Å². The molecule has 0 aliphatic rings. The normalized spacial score (nSPS) is 10.1. The summed E-state index contributed by atoms with van der Waals surface area (Å²) in [5.74, 6) is -0.390. The van der Waals surface area contributed by atoms with E-state index in [1.165, 1.54) is 12.3 Å². The van der Waals surface area contributed by atoms with E-state index in [9.17, 15) is 9.59 Å². The van der Waals surface area contributed by atoms with Crippen LogP contribution in [0.3, 0.4) is 0 Å². The van der Waals surface area contributed by atoms with Gasteiger partial charge in [-0.3, -0.25) is 0 Å². The van der Waals surface area contributed by atoms with Gasteiger partial charge in [-0.05, 0) is 36.8 Å². The maximum Gasteiger partial charge on any atom is 0.336 e. The van der Waals surface area contributed by atoms with Gasteiger partial charge in [0.25, 0.3) is 0 Å². The number of hydrogen-bond donors (Lipinski definition) is 3. The van der Waals surface area contributed by atoms with Crippen LogP contribution in [0.1, 0.15) is 21.7 Å². The third kappa shape index (κ3) is 3.17. The highest BCUT2D eigenvalue weighted by atomic mass is 16.4. The summed E-state index contributed by atoms with van der Waals surface area (Å²) in [6.45, 7) is 1.90. The molecule has 2 aromatic rings. The summed E-state index contributed by atoms with van der Waals surface area (Å²) in [5, 5.41) is 14.2. The lowest BCUT2D eigenvalue weighted by Gasteiger charge is -2.10. The van der Waals surface area contributed by atoms with Crippen LogP contribution >= 0.6 is 0 Å². The minimum absolute atomic E-state index is 0.161. The zero-order chi connectivity index (χ0) is 14.5. The number of carboxylic acid groups (broad SMARTS) is 1. The lowest BCUT2D eigenvalue weighted by molar-refractivity contribution is 0.0696. The molecule has 3 N–H and O–H groups in total. The van der Waals surface area contributed by atoms with E-state index in [1.807, 2.05) is 0 Å². The molecule has 6 heteroatoms. The molecule has 1 heterocycles. The quantitative estimate of drug-likeness (QED) is 0.799. The van der Waals surface area contributed by atoms with Crippen molar-refractivity contribution in [2.75, 3.05) is 5.32 Å². The van der Waals surface area contributed by atoms with E-state index in [0.29, 0.717) is 17.0 Å². The molecule has 1 aromatic carbocycles. The Morgan fingerprint density at radius 2 is 2.05 bits per heavy atom. The summed E-state index contributed by atoms with van der Waals surface area (Å²) < 4.78 is 5.09. The third-order valence-electron chi connectivity index (χ3n) is 2.82. The van der Waals surface area contributed by atoms with Gasteiger partial charge in [0.1, 0.15) is 5.76 Å². The lowest BCUT2D eigenvalue weighted by atomic mass is 10.1. The Hall–Kier alpha value is -2.76. The van der Waals surface area contributed by atoms with Crippen LogP contribution in [-0.4, -0.2) is 17.1 Å². The molecule has 0 saturated carbocycles. The van der Waals surface area contributed by atoms with E-state index < -0.39 is 12.0 Å². The monoisotopic (exact) mass is 274 g/mol. The second-order valence-corrected chi connectivity index (χ2v) is 4.17. The third-order valence-corrected chi connectivity index (χ3v) is 2.82. The smallest absolute Gasteiger partial charge is 0.336 e. The molecular weight excluding hydrogens is 260 g/mol. The number of benzene rings is 1. The van der Waals surface area contributed by atoms with E-state index >= 15 is 0 Å². The van der Waals surface area contributed by atoms with Crippen molar-refractivity contribution in [2.45, 2.75) is 13.5 Å². The van der Waals surface area contributed by atoms with Crippen molar-refractivity contribution in [2.24, 2.45) is 0 Å². The van der Waals surface area contributed by atoms with Gasteiger partial charge in [-0.15, -0.1) is 0 Å². The van der Waals surface area contributed by atoms with E-state index in [0.717, 1.165) is 0 Å². The van der Waals surface area contributed by atoms with Crippen LogP contribution in [-0.2, 0) is 6.54 Å². The number of carbonyl (C=O) groups excluding carboxylic acids is 1. The first kappa shape index (κ1) is 13.7. The van der Waals surface area contributed by atoms with Gasteiger partial charge in [-0.1, -0.05) is 6.07 Å². The Morgan fingerprint density at radius 1 is 1.25 bits per heavy atom. The first-order valence-corrected chi connectivity index (χ1v) is 5.98. The Morgan fingerprint density at radius 3 is 2.70 bits per heavy atom. The standard InChI is InChI=1S/C14H14N2O4/c1-9-11(13(17)18)5-2-6-12(9)16-14(19)15-8-10-4-3-7-20-10/h2-7H,8H2,1H3,(H,17,18)(H2,15,16,19). The van der Waals surface area contributed by atoms with Crippen molar-refractivity contribution >= 4 is 17.7 Å². The number of anilines is 1. The molecule has 0 bridgehead atoms. The summed E-state index contributed by atoms with van der Waals surface area (Å²) in [6, 6.07) is 7.77. The molecule has 0 saturated heterocycles. The van der Waals surface area contributed by atoms with Gasteiger partial charge >= 0.3 is 12.0 Å². The molecule has 0 unspecified atom stereocenters. The summed E-state index contributed by atoms with van der Waals surface area (Å²) in [7, 11) is 0. The van der Waals surface area contributed by atoms with Crippen molar-refractivity contribution in [1.82, 2.24) is 5.32 Å². The Bertz CT molecular complexity index is 620. The minimum atomic E-state index is -1.03. The zero-order valence-corrected chi connectivity index (χ0v) is 10.8. The van der Waals surface area contributed by atoms with Gasteiger partial charge in [-0.2, -0.15) is 0 Å². The summed E-state index contributed by atoms with van der Waals surface area (Å²) in [5.41, 5.74) is 1.13. The second kappa shape index (κ2) is 5.92. The van der Waals surface area contributed by atoms with E-state index in [-0.39, 0.29) is 12.1 Å². The molecule has 0 aliphatic carbocycles. The van der Waals surface area contributed by atoms with Crippen molar-refractivity contribution in [1.29, 1.82) is 0 Å². The highest BCUT2D eigenvalue weighted by molar-refractivity contribution is 5.95. The molecule has 104 valence electrons. The molecule has 0 radical (unpaired) electrons. The number of aromatic carboxylic acids is 1. The van der Waals surface area contributed by atoms with Gasteiger partial charge < -0.3 is 20.2 Å². The number of urea groups is 1. The first-order chi connectivity index (χ1) is 9.58. The van der Waals surface area contributed by atoms with Crippen molar-refractivity contribution in [3.8, 4) is 0 Å². The van der Waals surface area contributed by atoms with Gasteiger partial charge in [0.15, 0.2) is 0 Å². The van der Waals surface area contributed by atoms with Gasteiger partial charge in [0.05, 0.1) is 18.4 Å². The molecule has 6 nitrogen and oxygen atoms in total. The van der Waals surface area contributed by atoms with Crippen molar-refractivity contribution < 1.29 is 19.1 Å². The van der Waals surface area contributed by atoms with E-state index in [1.54, 1.807) is 31.2 Å². The Balaban J connectivity index is 2.01. The largest absolute Gasteiger partial charge is 0.478 e. The number of rotatable bonds is 4. The minimum Gasteiger partial charge on any atom is -0.478 e. The predicted molar refractivity (Wildman–Crippen MR) is 72.7 cm³/mol. The Labute approximate surface area is 115 Å². The number of furan rings is 1. The average molecular weight is 274 g/mol. The fourth-order valence-electron chi connectivity index (χ4n) is 1.75. The molecule has 0 fully saturated rings. The fourth-order valence-corrected chi connectivity index (χ4v) is 1.75. The molecule has 0 aliphatic heterocycles. The molecule has 0 spiro atoms. The summed E-state index contributed by atoms with van der Waals surface area (Å²) in [6.07, 6.45) is 1.52. The number of hydrogen-bond acceptors (Lipinski definition) is 3. The van der Waals surface area contributed by atoms with Crippen LogP contribution in [0.25, 0.3) is 0 Å². The molecule has 2 amide bonds. The molecular formula is C14H14N2O4. The molecule has 2 rings (SSSR count). The van der Waals surface area contributed by atoms with Crippen LogP contribution < -0.4 is 10.6 Å². The fraction of sp³-hybridized carbons (Fsp3) is 0.143. The van der Waals surface area contributed by atoms with Crippen LogP contribution in [0.2, 0.25) is 0 Å².